The first-order valence-electron chi connectivity index (χ1n) is 7.14. The molecule has 0 fully saturated rings. The van der Waals surface area contributed by atoms with E-state index in [1.807, 2.05) is 49.5 Å². The zero-order valence-corrected chi connectivity index (χ0v) is 12.3. The van der Waals surface area contributed by atoms with Crippen LogP contribution in [0.4, 0.5) is 0 Å². The second-order valence-electron chi connectivity index (χ2n) is 5.08. The summed E-state index contributed by atoms with van der Waals surface area (Å²) in [5.74, 6) is 0.786. The third-order valence-electron chi connectivity index (χ3n) is 3.41. The Kier molecular flexibility index (Phi) is 4.05. The molecule has 3 aromatic rings. The highest BCUT2D eigenvalue weighted by Crippen LogP contribution is 2.14. The van der Waals surface area contributed by atoms with Gasteiger partial charge in [0.2, 0.25) is 0 Å². The fraction of sp³-hybridized carbons (Fsp3) is 0.176. The second-order valence-corrected chi connectivity index (χ2v) is 5.08. The molecule has 22 heavy (non-hydrogen) atoms. The molecule has 3 rings (SSSR count). The molecule has 112 valence electrons. The van der Waals surface area contributed by atoms with Crippen LogP contribution >= 0.6 is 0 Å². The van der Waals surface area contributed by atoms with Crippen LogP contribution in [0.2, 0.25) is 0 Å². The summed E-state index contributed by atoms with van der Waals surface area (Å²) in [5.41, 5.74) is 1.05. The molecule has 0 saturated heterocycles. The average molecular weight is 295 g/mol. The van der Waals surface area contributed by atoms with Crippen molar-refractivity contribution in [2.45, 2.75) is 19.5 Å². The van der Waals surface area contributed by atoms with E-state index >= 15 is 0 Å². The van der Waals surface area contributed by atoms with Gasteiger partial charge in [-0.15, -0.1) is 0 Å². The van der Waals surface area contributed by atoms with Gasteiger partial charge in [-0.1, -0.05) is 30.3 Å². The molecule has 0 aliphatic rings. The molecule has 0 saturated carbocycles. The van der Waals surface area contributed by atoms with E-state index in [0.29, 0.717) is 18.1 Å². The topological polar surface area (TPSA) is 60.1 Å². The van der Waals surface area contributed by atoms with Gasteiger partial charge >= 0.3 is 0 Å². The van der Waals surface area contributed by atoms with E-state index in [0.717, 1.165) is 5.56 Å². The first-order chi connectivity index (χ1) is 10.7. The van der Waals surface area contributed by atoms with Crippen molar-refractivity contribution in [3.05, 3.63) is 78.0 Å². The molecule has 0 aliphatic carbocycles. The van der Waals surface area contributed by atoms with Crippen LogP contribution in [-0.2, 0) is 6.54 Å². The maximum atomic E-state index is 12.2. The van der Waals surface area contributed by atoms with Crippen LogP contribution in [0, 0.1) is 0 Å². The SMILES string of the molecule is CC(NC(=O)c1ccc(Cn2cccn2)o1)c1ccccc1. The highest BCUT2D eigenvalue weighted by molar-refractivity contribution is 5.91. The number of hydrogen-bond acceptors (Lipinski definition) is 3. The van der Waals surface area contributed by atoms with E-state index in [2.05, 4.69) is 10.4 Å². The number of aromatic nitrogens is 2. The van der Waals surface area contributed by atoms with E-state index in [-0.39, 0.29) is 11.9 Å². The molecular formula is C17H17N3O2. The Morgan fingerprint density at radius 1 is 1.23 bits per heavy atom. The lowest BCUT2D eigenvalue weighted by molar-refractivity contribution is 0.0910. The number of nitrogens with zero attached hydrogens (tertiary/aromatic N) is 2. The van der Waals surface area contributed by atoms with E-state index in [9.17, 15) is 4.79 Å². The van der Waals surface area contributed by atoms with E-state index in [4.69, 9.17) is 4.42 Å². The Labute approximate surface area is 128 Å². The minimum absolute atomic E-state index is 0.0756. The summed E-state index contributed by atoms with van der Waals surface area (Å²) in [7, 11) is 0. The van der Waals surface area contributed by atoms with Crippen molar-refractivity contribution >= 4 is 5.91 Å². The third kappa shape index (κ3) is 3.25. The van der Waals surface area contributed by atoms with Crippen LogP contribution in [0.15, 0.2) is 65.3 Å². The van der Waals surface area contributed by atoms with Gasteiger partial charge in [0.05, 0.1) is 12.6 Å². The molecule has 2 aromatic heterocycles. The molecule has 1 aromatic carbocycles. The highest BCUT2D eigenvalue weighted by Gasteiger charge is 2.15. The summed E-state index contributed by atoms with van der Waals surface area (Å²) in [6.07, 6.45) is 3.55. The van der Waals surface area contributed by atoms with Crippen molar-refractivity contribution in [1.82, 2.24) is 15.1 Å². The molecule has 0 radical (unpaired) electrons. The lowest BCUT2D eigenvalue weighted by Crippen LogP contribution is -2.26. The molecule has 1 unspecified atom stereocenters. The van der Waals surface area contributed by atoms with Gasteiger partial charge in [0.15, 0.2) is 5.76 Å². The molecule has 1 N–H and O–H groups in total. The first kappa shape index (κ1) is 14.1. The van der Waals surface area contributed by atoms with Gasteiger partial charge < -0.3 is 9.73 Å². The number of amides is 1. The van der Waals surface area contributed by atoms with Gasteiger partial charge in [-0.25, -0.2) is 0 Å². The van der Waals surface area contributed by atoms with E-state index < -0.39 is 0 Å². The standard InChI is InChI=1S/C17H17N3O2/c1-13(14-6-3-2-4-7-14)19-17(21)16-9-8-15(22-16)12-20-11-5-10-18-20/h2-11,13H,12H2,1H3,(H,19,21). The largest absolute Gasteiger partial charge is 0.454 e. The normalized spacial score (nSPS) is 12.0. The Morgan fingerprint density at radius 3 is 2.77 bits per heavy atom. The fourth-order valence-electron chi connectivity index (χ4n) is 2.23. The molecule has 5 heteroatoms. The molecule has 5 nitrogen and oxygen atoms in total. The molecule has 2 heterocycles. The van der Waals surface area contributed by atoms with Crippen molar-refractivity contribution in [3.8, 4) is 0 Å². The Balaban J connectivity index is 1.64. The van der Waals surface area contributed by atoms with E-state index in [1.165, 1.54) is 0 Å². The maximum Gasteiger partial charge on any atom is 0.287 e. The van der Waals surface area contributed by atoms with Crippen LogP contribution in [0.3, 0.4) is 0 Å². The zero-order chi connectivity index (χ0) is 15.4. The molecule has 0 bridgehead atoms. The fourth-order valence-corrected chi connectivity index (χ4v) is 2.23. The lowest BCUT2D eigenvalue weighted by atomic mass is 10.1. The Morgan fingerprint density at radius 2 is 2.05 bits per heavy atom. The summed E-state index contributed by atoms with van der Waals surface area (Å²) in [4.78, 5) is 12.2. The second kappa shape index (κ2) is 6.30. The monoisotopic (exact) mass is 295 g/mol. The van der Waals surface area contributed by atoms with Crippen molar-refractivity contribution in [1.29, 1.82) is 0 Å². The van der Waals surface area contributed by atoms with Crippen molar-refractivity contribution in [2.24, 2.45) is 0 Å². The summed E-state index contributed by atoms with van der Waals surface area (Å²) < 4.78 is 7.33. The van der Waals surface area contributed by atoms with Gasteiger partial charge in [-0.05, 0) is 30.7 Å². The molecule has 1 atom stereocenters. The van der Waals surface area contributed by atoms with Gasteiger partial charge in [0.25, 0.3) is 5.91 Å². The third-order valence-corrected chi connectivity index (χ3v) is 3.41. The van der Waals surface area contributed by atoms with Crippen LogP contribution < -0.4 is 5.32 Å². The summed E-state index contributed by atoms with van der Waals surface area (Å²) >= 11 is 0. The number of carbonyl (C=O) groups excluding carboxylic acids is 1. The predicted octanol–water partition coefficient (Wildman–Crippen LogP) is 3.02. The number of benzene rings is 1. The zero-order valence-electron chi connectivity index (χ0n) is 12.3. The van der Waals surface area contributed by atoms with Crippen LogP contribution in [0.25, 0.3) is 0 Å². The molecular weight excluding hydrogens is 278 g/mol. The molecule has 0 aliphatic heterocycles. The van der Waals surface area contributed by atoms with Gasteiger partial charge in [-0.3, -0.25) is 9.48 Å². The Hall–Kier alpha value is -2.82. The van der Waals surface area contributed by atoms with Gasteiger partial charge in [-0.2, -0.15) is 5.10 Å². The minimum Gasteiger partial charge on any atom is -0.454 e. The number of hydrogen-bond donors (Lipinski definition) is 1. The van der Waals surface area contributed by atoms with Crippen molar-refractivity contribution in [2.75, 3.05) is 0 Å². The van der Waals surface area contributed by atoms with Crippen LogP contribution in [0.5, 0.6) is 0 Å². The number of carbonyl (C=O) groups is 1. The lowest BCUT2D eigenvalue weighted by Gasteiger charge is -2.13. The summed E-state index contributed by atoms with van der Waals surface area (Å²) in [6.45, 7) is 2.45. The minimum atomic E-state index is -0.219. The molecule has 1 amide bonds. The first-order valence-corrected chi connectivity index (χ1v) is 7.14. The quantitative estimate of drug-likeness (QED) is 0.787. The van der Waals surface area contributed by atoms with Crippen molar-refractivity contribution < 1.29 is 9.21 Å². The number of furan rings is 1. The van der Waals surface area contributed by atoms with Gasteiger partial charge in [0.1, 0.15) is 5.76 Å². The summed E-state index contributed by atoms with van der Waals surface area (Å²) in [5, 5.41) is 7.04. The predicted molar refractivity (Wildman–Crippen MR) is 82.4 cm³/mol. The maximum absolute atomic E-state index is 12.2. The van der Waals surface area contributed by atoms with E-state index in [1.54, 1.807) is 23.0 Å². The van der Waals surface area contributed by atoms with Crippen LogP contribution in [-0.4, -0.2) is 15.7 Å². The smallest absolute Gasteiger partial charge is 0.287 e. The summed E-state index contributed by atoms with van der Waals surface area (Å²) in [6, 6.07) is 15.1. The number of rotatable bonds is 5. The van der Waals surface area contributed by atoms with Crippen molar-refractivity contribution in [3.63, 3.8) is 0 Å². The molecule has 0 spiro atoms. The number of nitrogens with one attached hydrogen (secondary N) is 1. The average Bonchev–Trinajstić information content (AvgIpc) is 3.20. The Bertz CT molecular complexity index is 732. The van der Waals surface area contributed by atoms with Gasteiger partial charge in [0, 0.05) is 12.4 Å². The van der Waals surface area contributed by atoms with Crippen LogP contribution in [0.1, 0.15) is 34.8 Å². The highest BCUT2D eigenvalue weighted by atomic mass is 16.4.